The fraction of sp³-hybridized carbons (Fsp3) is 0.462. The number of rotatable bonds is 6. The molecule has 0 spiro atoms. The summed E-state index contributed by atoms with van der Waals surface area (Å²) in [5.74, 6) is -1.87. The quantitative estimate of drug-likeness (QED) is 0.849. The molecular weight excluding hydrogens is 315 g/mol. The number of nitrogens with two attached hydrogens (primary N) is 1. The van der Waals surface area contributed by atoms with Crippen molar-refractivity contribution in [3.8, 4) is 0 Å². The smallest absolute Gasteiger partial charge is 0.368 e. The van der Waals surface area contributed by atoms with E-state index in [1.165, 1.54) is 5.56 Å². The molecule has 1 atom stereocenters. The summed E-state index contributed by atoms with van der Waals surface area (Å²) in [7, 11) is 0. The number of nitrogen functional groups attached to an aromatic ring is 1. The van der Waals surface area contributed by atoms with Gasteiger partial charge < -0.3 is 11.1 Å². The molecule has 22 heavy (non-hydrogen) atoms. The number of alkyl halides is 3. The lowest BCUT2D eigenvalue weighted by Gasteiger charge is -2.17. The van der Waals surface area contributed by atoms with Crippen LogP contribution in [0.1, 0.15) is 31.2 Å². The zero-order chi connectivity index (χ0) is 16.2. The summed E-state index contributed by atoms with van der Waals surface area (Å²) in [6.45, 7) is 1.94. The van der Waals surface area contributed by atoms with Crippen LogP contribution in [0.3, 0.4) is 0 Å². The maximum absolute atomic E-state index is 12.7. The lowest BCUT2D eigenvalue weighted by molar-refractivity contribution is -0.144. The molecule has 2 rings (SSSR count). The van der Waals surface area contributed by atoms with Crippen molar-refractivity contribution in [1.29, 1.82) is 0 Å². The first-order valence-corrected chi connectivity index (χ1v) is 7.69. The third-order valence-electron chi connectivity index (χ3n) is 3.09. The van der Waals surface area contributed by atoms with Gasteiger partial charge >= 0.3 is 6.18 Å². The van der Waals surface area contributed by atoms with Gasteiger partial charge in [-0.3, -0.25) is 0 Å². The fourth-order valence-electron chi connectivity index (χ4n) is 1.92. The van der Waals surface area contributed by atoms with E-state index < -0.39 is 17.9 Å². The van der Waals surface area contributed by atoms with E-state index in [9.17, 15) is 13.2 Å². The number of aryl methyl sites for hydroxylation is 1. The molecular formula is C13H16F3N5S. The van der Waals surface area contributed by atoms with Crippen molar-refractivity contribution < 1.29 is 13.2 Å². The van der Waals surface area contributed by atoms with Crippen molar-refractivity contribution in [2.24, 2.45) is 0 Å². The zero-order valence-corrected chi connectivity index (χ0v) is 12.7. The molecule has 3 N–H and O–H groups in total. The van der Waals surface area contributed by atoms with Crippen LogP contribution in [0.25, 0.3) is 0 Å². The lowest BCUT2D eigenvalue weighted by Crippen LogP contribution is -2.23. The van der Waals surface area contributed by atoms with Gasteiger partial charge in [0.2, 0.25) is 17.7 Å². The molecule has 9 heteroatoms. The molecule has 0 aliphatic rings. The monoisotopic (exact) mass is 331 g/mol. The Morgan fingerprint density at radius 2 is 2.09 bits per heavy atom. The largest absolute Gasteiger partial charge is 0.451 e. The number of anilines is 2. The second-order valence-electron chi connectivity index (χ2n) is 4.76. The normalized spacial score (nSPS) is 13.1. The van der Waals surface area contributed by atoms with E-state index in [-0.39, 0.29) is 12.0 Å². The Hall–Kier alpha value is -1.90. The van der Waals surface area contributed by atoms with Crippen LogP contribution in [0, 0.1) is 0 Å². The summed E-state index contributed by atoms with van der Waals surface area (Å²) < 4.78 is 38.0. The van der Waals surface area contributed by atoms with Gasteiger partial charge in [-0.1, -0.05) is 6.92 Å². The van der Waals surface area contributed by atoms with Crippen LogP contribution in [0.4, 0.5) is 25.1 Å². The lowest BCUT2D eigenvalue weighted by atomic mass is 10.1. The maximum atomic E-state index is 12.7. The second kappa shape index (κ2) is 6.91. The van der Waals surface area contributed by atoms with Crippen LogP contribution in [0.2, 0.25) is 0 Å². The highest BCUT2D eigenvalue weighted by Gasteiger charge is 2.35. The minimum Gasteiger partial charge on any atom is -0.368 e. The van der Waals surface area contributed by atoms with E-state index in [0.717, 1.165) is 19.3 Å². The summed E-state index contributed by atoms with van der Waals surface area (Å²) in [5, 5.41) is 6.95. The molecule has 0 aliphatic heterocycles. The molecule has 0 fully saturated rings. The third kappa shape index (κ3) is 4.55. The van der Waals surface area contributed by atoms with Gasteiger partial charge in [0.1, 0.15) is 0 Å². The molecule has 2 aromatic heterocycles. The van der Waals surface area contributed by atoms with E-state index >= 15 is 0 Å². The second-order valence-corrected chi connectivity index (χ2v) is 5.54. The van der Waals surface area contributed by atoms with Crippen molar-refractivity contribution in [3.05, 3.63) is 28.2 Å². The average molecular weight is 331 g/mol. The molecule has 0 aliphatic carbocycles. The first-order chi connectivity index (χ1) is 10.4. The molecule has 2 aromatic rings. The Bertz CT molecular complexity index is 600. The van der Waals surface area contributed by atoms with Crippen molar-refractivity contribution in [1.82, 2.24) is 15.0 Å². The number of hydrogen-bond donors (Lipinski definition) is 2. The van der Waals surface area contributed by atoms with E-state index in [0.29, 0.717) is 0 Å². The highest BCUT2D eigenvalue weighted by Crippen LogP contribution is 2.27. The van der Waals surface area contributed by atoms with Gasteiger partial charge in [0.05, 0.1) is 0 Å². The highest BCUT2D eigenvalue weighted by molar-refractivity contribution is 7.07. The predicted molar refractivity (Wildman–Crippen MR) is 79.6 cm³/mol. The first kappa shape index (κ1) is 16.5. The molecule has 1 unspecified atom stereocenters. The topological polar surface area (TPSA) is 76.7 Å². The van der Waals surface area contributed by atoms with Crippen LogP contribution in [-0.2, 0) is 12.6 Å². The van der Waals surface area contributed by atoms with E-state index in [1.807, 2.05) is 18.4 Å². The summed E-state index contributed by atoms with van der Waals surface area (Å²) >= 11 is 1.61. The van der Waals surface area contributed by atoms with Crippen LogP contribution < -0.4 is 11.1 Å². The fourth-order valence-corrected chi connectivity index (χ4v) is 2.62. The van der Waals surface area contributed by atoms with Crippen molar-refractivity contribution in [2.45, 2.75) is 38.4 Å². The van der Waals surface area contributed by atoms with Gasteiger partial charge in [-0.05, 0) is 41.7 Å². The van der Waals surface area contributed by atoms with Crippen LogP contribution in [0.15, 0.2) is 16.8 Å². The molecule has 0 aromatic carbocycles. The summed E-state index contributed by atoms with van der Waals surface area (Å²) in [6.07, 6.45) is -2.31. The summed E-state index contributed by atoms with van der Waals surface area (Å²) in [4.78, 5) is 10.2. The Kier molecular flexibility index (Phi) is 5.17. The number of halogens is 3. The molecule has 0 radical (unpaired) electrons. The molecule has 120 valence electrons. The minimum absolute atomic E-state index is 0.0391. The van der Waals surface area contributed by atoms with E-state index in [1.54, 1.807) is 11.3 Å². The third-order valence-corrected chi connectivity index (χ3v) is 3.83. The molecule has 0 saturated heterocycles. The molecule has 0 saturated carbocycles. The van der Waals surface area contributed by atoms with Gasteiger partial charge in [0.15, 0.2) is 0 Å². The number of hydrogen-bond acceptors (Lipinski definition) is 6. The van der Waals surface area contributed by atoms with Gasteiger partial charge in [0.25, 0.3) is 0 Å². The highest BCUT2D eigenvalue weighted by atomic mass is 32.1. The Morgan fingerprint density at radius 3 is 2.68 bits per heavy atom. The predicted octanol–water partition coefficient (Wildman–Crippen LogP) is 3.36. The Morgan fingerprint density at radius 1 is 1.32 bits per heavy atom. The number of nitrogens with one attached hydrogen (secondary N) is 1. The van der Waals surface area contributed by atoms with Gasteiger partial charge in [-0.2, -0.15) is 39.5 Å². The maximum Gasteiger partial charge on any atom is 0.451 e. The van der Waals surface area contributed by atoms with Crippen LogP contribution in [0.5, 0.6) is 0 Å². The van der Waals surface area contributed by atoms with Crippen molar-refractivity contribution in [2.75, 3.05) is 11.1 Å². The van der Waals surface area contributed by atoms with E-state index in [2.05, 4.69) is 25.6 Å². The molecule has 0 amide bonds. The summed E-state index contributed by atoms with van der Waals surface area (Å²) in [6, 6.07) is 1.99. The number of thiophene rings is 1. The Balaban J connectivity index is 2.05. The Labute approximate surface area is 129 Å². The molecule has 2 heterocycles. The number of nitrogens with zero attached hydrogens (tertiary/aromatic N) is 3. The van der Waals surface area contributed by atoms with Gasteiger partial charge in [0, 0.05) is 6.04 Å². The molecule has 0 bridgehead atoms. The van der Waals surface area contributed by atoms with Crippen molar-refractivity contribution in [3.63, 3.8) is 0 Å². The SMILES string of the molecule is CCC(CCc1ccsc1)Nc1nc(N)nc(C(F)(F)F)n1. The average Bonchev–Trinajstić information content (AvgIpc) is 2.95. The standard InChI is InChI=1S/C13H16F3N5S/c1-2-9(4-3-8-5-6-22-7-8)18-12-20-10(13(14,15)16)19-11(17)21-12/h5-7,9H,2-4H2,1H3,(H3,17,18,19,20,21). The summed E-state index contributed by atoms with van der Waals surface area (Å²) in [5.41, 5.74) is 6.53. The number of aromatic nitrogens is 3. The first-order valence-electron chi connectivity index (χ1n) is 6.75. The van der Waals surface area contributed by atoms with Gasteiger partial charge in [-0.25, -0.2) is 0 Å². The zero-order valence-electron chi connectivity index (χ0n) is 11.9. The van der Waals surface area contributed by atoms with E-state index in [4.69, 9.17) is 5.73 Å². The molecule has 5 nitrogen and oxygen atoms in total. The van der Waals surface area contributed by atoms with Crippen molar-refractivity contribution >= 4 is 23.2 Å². The van der Waals surface area contributed by atoms with Gasteiger partial charge in [-0.15, -0.1) is 0 Å². The minimum atomic E-state index is -4.65. The van der Waals surface area contributed by atoms with Crippen LogP contribution in [-0.4, -0.2) is 21.0 Å². The van der Waals surface area contributed by atoms with Crippen LogP contribution >= 0.6 is 11.3 Å².